The molecule has 0 N–H and O–H groups in total. The smallest absolute Gasteiger partial charge is 0.316 e. The zero-order valence-electron chi connectivity index (χ0n) is 7.71. The number of nitrogens with zero attached hydrogens (tertiary/aromatic N) is 1. The zero-order valence-corrected chi connectivity index (χ0v) is 9.28. The van der Waals surface area contributed by atoms with Crippen molar-refractivity contribution < 1.29 is 4.79 Å². The van der Waals surface area contributed by atoms with Crippen LogP contribution in [0.3, 0.4) is 0 Å². The van der Waals surface area contributed by atoms with E-state index in [0.29, 0.717) is 6.54 Å². The van der Waals surface area contributed by atoms with Crippen LogP contribution in [0.15, 0.2) is 11.4 Å². The second-order valence-corrected chi connectivity index (χ2v) is 4.28. The van der Waals surface area contributed by atoms with Crippen molar-refractivity contribution in [2.24, 2.45) is 0 Å². The van der Waals surface area contributed by atoms with Crippen LogP contribution in [0, 0.1) is 6.92 Å². The average Bonchev–Trinajstić information content (AvgIpc) is 2.47. The quantitative estimate of drug-likeness (QED) is 0.563. The van der Waals surface area contributed by atoms with Gasteiger partial charge in [0, 0.05) is 18.5 Å². The van der Waals surface area contributed by atoms with Crippen molar-refractivity contribution in [3.05, 3.63) is 21.9 Å². The maximum Gasteiger partial charge on any atom is 0.316 e. The first-order valence-electron chi connectivity index (χ1n) is 4.05. The van der Waals surface area contributed by atoms with E-state index in [1.807, 2.05) is 0 Å². The van der Waals surface area contributed by atoms with Crippen LogP contribution >= 0.6 is 22.9 Å². The molecule has 1 aromatic rings. The van der Waals surface area contributed by atoms with Crippen molar-refractivity contribution in [1.29, 1.82) is 0 Å². The third-order valence-electron chi connectivity index (χ3n) is 1.94. The summed E-state index contributed by atoms with van der Waals surface area (Å²) in [6.07, 6.45) is 0.887. The van der Waals surface area contributed by atoms with Crippen molar-refractivity contribution in [3.8, 4) is 0 Å². The lowest BCUT2D eigenvalue weighted by Gasteiger charge is -2.12. The van der Waals surface area contributed by atoms with Gasteiger partial charge in [0.05, 0.1) is 0 Å². The van der Waals surface area contributed by atoms with Crippen LogP contribution in [0.1, 0.15) is 10.4 Å². The molecule has 1 amide bonds. The summed E-state index contributed by atoms with van der Waals surface area (Å²) in [5.74, 6) is 0. The molecule has 0 radical (unpaired) electrons. The Labute approximate surface area is 87.1 Å². The minimum atomic E-state index is -0.394. The fourth-order valence-electron chi connectivity index (χ4n) is 1.02. The van der Waals surface area contributed by atoms with Crippen LogP contribution in [0.5, 0.6) is 0 Å². The largest absolute Gasteiger partial charge is 0.332 e. The summed E-state index contributed by atoms with van der Waals surface area (Å²) in [7, 11) is 1.71. The van der Waals surface area contributed by atoms with E-state index < -0.39 is 5.37 Å². The van der Waals surface area contributed by atoms with Crippen molar-refractivity contribution in [2.75, 3.05) is 13.6 Å². The van der Waals surface area contributed by atoms with E-state index in [1.165, 1.54) is 15.3 Å². The minimum absolute atomic E-state index is 0.394. The van der Waals surface area contributed by atoms with Crippen molar-refractivity contribution >= 4 is 28.3 Å². The van der Waals surface area contributed by atoms with Crippen LogP contribution in [0.4, 0.5) is 4.79 Å². The Morgan fingerprint density at radius 1 is 1.69 bits per heavy atom. The maximum atomic E-state index is 10.7. The van der Waals surface area contributed by atoms with E-state index in [2.05, 4.69) is 18.4 Å². The number of carbonyl (C=O) groups is 1. The molecule has 0 spiro atoms. The molecule has 2 nitrogen and oxygen atoms in total. The van der Waals surface area contributed by atoms with E-state index in [4.69, 9.17) is 11.6 Å². The van der Waals surface area contributed by atoms with Gasteiger partial charge in [-0.1, -0.05) is 0 Å². The normalized spacial score (nSPS) is 10.1. The molecule has 1 aromatic heterocycles. The van der Waals surface area contributed by atoms with E-state index in [0.717, 1.165) is 6.42 Å². The zero-order chi connectivity index (χ0) is 9.84. The van der Waals surface area contributed by atoms with Gasteiger partial charge in [0.1, 0.15) is 0 Å². The highest BCUT2D eigenvalue weighted by Gasteiger charge is 2.05. The van der Waals surface area contributed by atoms with Crippen LogP contribution in [-0.4, -0.2) is 23.9 Å². The molecule has 0 saturated heterocycles. The molecule has 0 fully saturated rings. The standard InChI is InChI=1S/C9H12ClNOS/c1-7-4-6-13-8(7)3-5-11(2)9(10)12/h4,6H,3,5H2,1-2H3. The van der Waals surface area contributed by atoms with Gasteiger partial charge in [-0.2, -0.15) is 0 Å². The Morgan fingerprint density at radius 2 is 2.38 bits per heavy atom. The average molecular weight is 218 g/mol. The molecule has 0 aliphatic rings. The summed E-state index contributed by atoms with van der Waals surface area (Å²) in [5.41, 5.74) is 1.29. The molecule has 0 atom stereocenters. The maximum absolute atomic E-state index is 10.7. The third kappa shape index (κ3) is 3.01. The number of aryl methyl sites for hydroxylation is 1. The summed E-state index contributed by atoms with van der Waals surface area (Å²) in [6, 6.07) is 2.09. The molecule has 0 aliphatic heterocycles. The van der Waals surface area contributed by atoms with E-state index >= 15 is 0 Å². The molecule has 1 heterocycles. The van der Waals surface area contributed by atoms with Gasteiger partial charge in [0.2, 0.25) is 0 Å². The van der Waals surface area contributed by atoms with Crippen LogP contribution in [-0.2, 0) is 6.42 Å². The van der Waals surface area contributed by atoms with Crippen molar-refractivity contribution in [1.82, 2.24) is 4.90 Å². The summed E-state index contributed by atoms with van der Waals surface area (Å²) in [5, 5.41) is 1.67. The van der Waals surface area contributed by atoms with Gasteiger partial charge >= 0.3 is 5.37 Å². The predicted octanol–water partition coefficient (Wildman–Crippen LogP) is 2.89. The summed E-state index contributed by atoms with van der Waals surface area (Å²) >= 11 is 7.02. The lowest BCUT2D eigenvalue weighted by Crippen LogP contribution is -2.23. The molecular formula is C9H12ClNOS. The Balaban J connectivity index is 2.44. The second-order valence-electron chi connectivity index (χ2n) is 2.95. The molecule has 0 aromatic carbocycles. The molecule has 72 valence electrons. The van der Waals surface area contributed by atoms with Gasteiger partial charge < -0.3 is 4.90 Å². The van der Waals surface area contributed by atoms with Crippen molar-refractivity contribution in [2.45, 2.75) is 13.3 Å². The minimum Gasteiger partial charge on any atom is -0.332 e. The molecule has 0 unspecified atom stereocenters. The van der Waals surface area contributed by atoms with Crippen LogP contribution in [0.2, 0.25) is 0 Å². The Kier molecular flexibility index (Phi) is 3.75. The molecule has 4 heteroatoms. The molecule has 13 heavy (non-hydrogen) atoms. The molecule has 0 bridgehead atoms. The number of thiophene rings is 1. The Bertz CT molecular complexity index is 298. The highest BCUT2D eigenvalue weighted by Crippen LogP contribution is 2.16. The monoisotopic (exact) mass is 217 g/mol. The fraction of sp³-hybridized carbons (Fsp3) is 0.444. The van der Waals surface area contributed by atoms with Gasteiger partial charge in [-0.05, 0) is 42.0 Å². The Hall–Kier alpha value is -0.540. The number of amides is 1. The van der Waals surface area contributed by atoms with Crippen LogP contribution < -0.4 is 0 Å². The van der Waals surface area contributed by atoms with E-state index in [-0.39, 0.29) is 0 Å². The lowest BCUT2D eigenvalue weighted by molar-refractivity contribution is 0.233. The first-order valence-corrected chi connectivity index (χ1v) is 5.30. The van der Waals surface area contributed by atoms with Gasteiger partial charge in [-0.3, -0.25) is 4.79 Å². The molecule has 0 saturated carbocycles. The van der Waals surface area contributed by atoms with E-state index in [1.54, 1.807) is 18.4 Å². The summed E-state index contributed by atoms with van der Waals surface area (Å²) in [6.45, 7) is 2.76. The molecular weight excluding hydrogens is 206 g/mol. The number of likely N-dealkylation sites (N-methyl/N-ethyl adjacent to an activating group) is 1. The van der Waals surface area contributed by atoms with Crippen molar-refractivity contribution in [3.63, 3.8) is 0 Å². The number of halogens is 1. The van der Waals surface area contributed by atoms with Crippen LogP contribution in [0.25, 0.3) is 0 Å². The lowest BCUT2D eigenvalue weighted by atomic mass is 10.2. The number of carbonyl (C=O) groups excluding carboxylic acids is 1. The SMILES string of the molecule is Cc1ccsc1CCN(C)C(=O)Cl. The van der Waals surface area contributed by atoms with Gasteiger partial charge in [0.25, 0.3) is 0 Å². The summed E-state index contributed by atoms with van der Waals surface area (Å²) in [4.78, 5) is 13.5. The highest BCUT2D eigenvalue weighted by atomic mass is 35.5. The second kappa shape index (κ2) is 4.63. The van der Waals surface area contributed by atoms with Gasteiger partial charge in [-0.15, -0.1) is 11.3 Å². The van der Waals surface area contributed by atoms with Gasteiger partial charge in [-0.25, -0.2) is 0 Å². The van der Waals surface area contributed by atoms with E-state index in [9.17, 15) is 4.79 Å². The first-order chi connectivity index (χ1) is 6.11. The highest BCUT2D eigenvalue weighted by molar-refractivity contribution is 7.10. The fourth-order valence-corrected chi connectivity index (χ4v) is 2.00. The first kappa shape index (κ1) is 10.5. The third-order valence-corrected chi connectivity index (χ3v) is 3.31. The van der Waals surface area contributed by atoms with Gasteiger partial charge in [0.15, 0.2) is 0 Å². The predicted molar refractivity (Wildman–Crippen MR) is 56.6 cm³/mol. The number of hydrogen-bond acceptors (Lipinski definition) is 2. The Morgan fingerprint density at radius 3 is 2.85 bits per heavy atom. The summed E-state index contributed by atoms with van der Waals surface area (Å²) < 4.78 is 0. The molecule has 0 aliphatic carbocycles. The number of hydrogen-bond donors (Lipinski definition) is 0. The molecule has 1 rings (SSSR count). The topological polar surface area (TPSA) is 20.3 Å². The number of rotatable bonds is 3.